The molecule has 0 N–H and O–H groups in total. The minimum atomic E-state index is 0. The van der Waals surface area contributed by atoms with Crippen LogP contribution in [0.15, 0.2) is 24.3 Å². The molecule has 1 saturated heterocycles. The molecule has 1 aromatic carbocycles. The van der Waals surface area contributed by atoms with Crippen LogP contribution in [0.3, 0.4) is 0 Å². The van der Waals surface area contributed by atoms with Gasteiger partial charge in [-0.05, 0) is 19.3 Å². The fourth-order valence-electron chi connectivity index (χ4n) is 1.72. The molecule has 1 nitrogen and oxygen atoms in total. The fourth-order valence-corrected chi connectivity index (χ4v) is 1.72. The van der Waals surface area contributed by atoms with E-state index in [2.05, 4.69) is 23.1 Å². The molecule has 0 aliphatic carbocycles. The molecule has 0 amide bonds. The summed E-state index contributed by atoms with van der Waals surface area (Å²) >= 11 is 0. The van der Waals surface area contributed by atoms with Gasteiger partial charge in [-0.2, -0.15) is 24.3 Å². The molecule has 2 rings (SSSR count). The quantitative estimate of drug-likeness (QED) is 0.469. The molecule has 0 unspecified atom stereocenters. The molecule has 0 bridgehead atoms. The number of nitrogens with zero attached hydrogens (tertiary/aromatic N) is 1. The number of hydrogen-bond donors (Lipinski definition) is 0. The predicted octanol–water partition coefficient (Wildman–Crippen LogP) is -0.900. The van der Waals surface area contributed by atoms with Gasteiger partial charge in [-0.3, -0.25) is 0 Å². The van der Waals surface area contributed by atoms with Gasteiger partial charge in [0.25, 0.3) is 0 Å². The van der Waals surface area contributed by atoms with E-state index >= 15 is 0 Å². The van der Waals surface area contributed by atoms with Crippen LogP contribution in [0.1, 0.15) is 19.3 Å². The van der Waals surface area contributed by atoms with Crippen LogP contribution in [0, 0.1) is 6.07 Å². The molecule has 14 heavy (non-hydrogen) atoms. The Balaban J connectivity index is 0.000000845. The molecule has 0 atom stereocenters. The Hall–Kier alpha value is 0.266. The van der Waals surface area contributed by atoms with Crippen molar-refractivity contribution >= 4 is 28.7 Å². The van der Waals surface area contributed by atoms with Crippen molar-refractivity contribution in [2.45, 2.75) is 19.3 Å². The molecular formula is C11H14BrMgN. The van der Waals surface area contributed by atoms with E-state index in [0.29, 0.717) is 0 Å². The average molecular weight is 264 g/mol. The maximum absolute atomic E-state index is 3.26. The first-order chi connectivity index (χ1) is 5.97. The summed E-state index contributed by atoms with van der Waals surface area (Å²) in [5.74, 6) is 0. The van der Waals surface area contributed by atoms with Crippen LogP contribution in [0.4, 0.5) is 5.69 Å². The van der Waals surface area contributed by atoms with Crippen molar-refractivity contribution in [1.82, 2.24) is 0 Å². The molecular weight excluding hydrogens is 250 g/mol. The minimum Gasteiger partial charge on any atom is -1.00 e. The molecule has 1 aliphatic heterocycles. The molecule has 1 fully saturated rings. The van der Waals surface area contributed by atoms with E-state index in [1.54, 1.807) is 0 Å². The Labute approximate surface area is 113 Å². The van der Waals surface area contributed by atoms with Gasteiger partial charge in [0.2, 0.25) is 0 Å². The van der Waals surface area contributed by atoms with Gasteiger partial charge < -0.3 is 21.9 Å². The summed E-state index contributed by atoms with van der Waals surface area (Å²) in [5, 5.41) is 0. The molecule has 1 heterocycles. The Morgan fingerprint density at radius 3 is 2.36 bits per heavy atom. The number of piperidine rings is 1. The van der Waals surface area contributed by atoms with Crippen molar-refractivity contribution in [3.05, 3.63) is 30.3 Å². The summed E-state index contributed by atoms with van der Waals surface area (Å²) in [6.45, 7) is 2.42. The molecule has 0 radical (unpaired) electrons. The van der Waals surface area contributed by atoms with Crippen LogP contribution in [0.25, 0.3) is 0 Å². The van der Waals surface area contributed by atoms with Crippen LogP contribution in [0.5, 0.6) is 0 Å². The Kier molecular flexibility index (Phi) is 7.69. The first kappa shape index (κ1) is 14.3. The smallest absolute Gasteiger partial charge is 1.00 e. The molecule has 0 aromatic heterocycles. The van der Waals surface area contributed by atoms with Crippen molar-refractivity contribution in [2.24, 2.45) is 0 Å². The van der Waals surface area contributed by atoms with Crippen LogP contribution in [-0.4, -0.2) is 36.1 Å². The van der Waals surface area contributed by atoms with E-state index in [4.69, 9.17) is 0 Å². The summed E-state index contributed by atoms with van der Waals surface area (Å²) in [4.78, 5) is 2.42. The van der Waals surface area contributed by atoms with E-state index in [-0.39, 0.29) is 40.0 Å². The third-order valence-corrected chi connectivity index (χ3v) is 2.39. The number of halogens is 1. The van der Waals surface area contributed by atoms with Crippen molar-refractivity contribution in [1.29, 1.82) is 0 Å². The van der Waals surface area contributed by atoms with Gasteiger partial charge in [-0.1, -0.05) is 5.69 Å². The van der Waals surface area contributed by atoms with E-state index in [0.717, 1.165) is 0 Å². The van der Waals surface area contributed by atoms with Gasteiger partial charge in [0, 0.05) is 13.1 Å². The second-order valence-electron chi connectivity index (χ2n) is 3.30. The number of rotatable bonds is 1. The van der Waals surface area contributed by atoms with Gasteiger partial charge >= 0.3 is 23.1 Å². The summed E-state index contributed by atoms with van der Waals surface area (Å²) in [6, 6.07) is 11.5. The topological polar surface area (TPSA) is 3.24 Å². The van der Waals surface area contributed by atoms with E-state index in [1.165, 1.54) is 38.0 Å². The van der Waals surface area contributed by atoms with Crippen molar-refractivity contribution in [2.75, 3.05) is 18.0 Å². The van der Waals surface area contributed by atoms with Crippen LogP contribution >= 0.6 is 0 Å². The summed E-state index contributed by atoms with van der Waals surface area (Å²) < 4.78 is 0. The molecule has 1 aliphatic rings. The van der Waals surface area contributed by atoms with Crippen molar-refractivity contribution in [3.8, 4) is 0 Å². The van der Waals surface area contributed by atoms with Crippen LogP contribution in [-0.2, 0) is 0 Å². The summed E-state index contributed by atoms with van der Waals surface area (Å²) in [5.41, 5.74) is 1.26. The Morgan fingerprint density at radius 1 is 1.07 bits per heavy atom. The second-order valence-corrected chi connectivity index (χ2v) is 3.30. The molecule has 0 spiro atoms. The second kappa shape index (κ2) is 7.54. The number of benzene rings is 1. The average Bonchev–Trinajstić information content (AvgIpc) is 2.21. The maximum Gasteiger partial charge on any atom is 2.00 e. The van der Waals surface area contributed by atoms with Gasteiger partial charge in [0.15, 0.2) is 0 Å². The molecule has 0 saturated carbocycles. The van der Waals surface area contributed by atoms with E-state index in [1.807, 2.05) is 12.1 Å². The summed E-state index contributed by atoms with van der Waals surface area (Å²) in [6.07, 6.45) is 4.06. The number of anilines is 1. The number of para-hydroxylation sites is 1. The minimum absolute atomic E-state index is 0. The third kappa shape index (κ3) is 3.79. The predicted molar refractivity (Wildman–Crippen MR) is 57.1 cm³/mol. The normalized spacial score (nSPS) is 15.3. The summed E-state index contributed by atoms with van der Waals surface area (Å²) in [7, 11) is 0. The van der Waals surface area contributed by atoms with Crippen molar-refractivity contribution in [3.63, 3.8) is 0 Å². The molecule has 1 aromatic rings. The van der Waals surface area contributed by atoms with Crippen molar-refractivity contribution < 1.29 is 17.0 Å². The molecule has 3 heteroatoms. The third-order valence-electron chi connectivity index (χ3n) is 2.39. The fraction of sp³-hybridized carbons (Fsp3) is 0.455. The Bertz CT molecular complexity index is 234. The zero-order chi connectivity index (χ0) is 8.23. The Morgan fingerprint density at radius 2 is 1.79 bits per heavy atom. The van der Waals surface area contributed by atoms with Crippen LogP contribution in [0.2, 0.25) is 0 Å². The van der Waals surface area contributed by atoms with E-state index in [9.17, 15) is 0 Å². The van der Waals surface area contributed by atoms with E-state index < -0.39 is 0 Å². The van der Waals surface area contributed by atoms with Gasteiger partial charge in [0.05, 0.1) is 0 Å². The van der Waals surface area contributed by atoms with Gasteiger partial charge in [0.1, 0.15) is 0 Å². The monoisotopic (exact) mass is 263 g/mol. The van der Waals surface area contributed by atoms with Gasteiger partial charge in [-0.15, -0.1) is 6.07 Å². The maximum atomic E-state index is 3.26. The van der Waals surface area contributed by atoms with Crippen LogP contribution < -0.4 is 21.9 Å². The van der Waals surface area contributed by atoms with Gasteiger partial charge in [-0.25, -0.2) is 0 Å². The first-order valence-corrected chi connectivity index (χ1v) is 4.68. The zero-order valence-electron chi connectivity index (χ0n) is 8.38. The largest absolute Gasteiger partial charge is 2.00 e. The zero-order valence-corrected chi connectivity index (χ0v) is 11.4. The first-order valence-electron chi connectivity index (χ1n) is 4.68. The molecule has 72 valence electrons. The SMILES string of the molecule is [Br-].[Mg+2].[c-]1ccccc1N1CCCCC1. The standard InChI is InChI=1S/C11H14N.BrH.Mg/c1-3-7-11(8-4-1)12-9-5-2-6-10-12;;/h1,3-4,7H,2,5-6,9-10H2;1H;/q-1;;+2/p-1. The number of hydrogen-bond acceptors (Lipinski definition) is 1.